The lowest BCUT2D eigenvalue weighted by atomic mass is 10.1. The third kappa shape index (κ3) is 2.97. The highest BCUT2D eigenvalue weighted by atomic mass is 32.1. The van der Waals surface area contributed by atoms with Gasteiger partial charge in [0, 0.05) is 23.7 Å². The molecule has 3 rings (SSSR count). The maximum absolute atomic E-state index is 12.2. The van der Waals surface area contributed by atoms with Crippen LogP contribution in [0.2, 0.25) is 0 Å². The topological polar surface area (TPSA) is 86.9 Å². The fraction of sp³-hybridized carbons (Fsp3) is 0.357. The van der Waals surface area contributed by atoms with Gasteiger partial charge in [0.2, 0.25) is 5.91 Å². The SMILES string of the molecule is Cc1nc(-c2c[nH]c(C(=O)N[C@@H]3CCCNC3=O)c2)cs1. The van der Waals surface area contributed by atoms with Gasteiger partial charge in [0.1, 0.15) is 11.7 Å². The number of rotatable bonds is 3. The normalized spacial score (nSPS) is 18.3. The zero-order chi connectivity index (χ0) is 14.8. The van der Waals surface area contributed by atoms with Crippen molar-refractivity contribution < 1.29 is 9.59 Å². The average molecular weight is 304 g/mol. The fourth-order valence-corrected chi connectivity index (χ4v) is 2.94. The second-order valence-corrected chi connectivity index (χ2v) is 6.08. The molecule has 1 aliphatic rings. The molecular weight excluding hydrogens is 288 g/mol. The van der Waals surface area contributed by atoms with Crippen LogP contribution in [0.1, 0.15) is 28.3 Å². The number of thiazole rings is 1. The molecule has 1 fully saturated rings. The van der Waals surface area contributed by atoms with E-state index in [1.165, 1.54) is 0 Å². The van der Waals surface area contributed by atoms with Crippen LogP contribution in [0.15, 0.2) is 17.6 Å². The van der Waals surface area contributed by atoms with Crippen LogP contribution in [-0.4, -0.2) is 34.4 Å². The molecule has 110 valence electrons. The minimum absolute atomic E-state index is 0.114. The van der Waals surface area contributed by atoms with Crippen LogP contribution >= 0.6 is 11.3 Å². The standard InChI is InChI=1S/C14H16N4O2S/c1-8-17-12(7-21-8)9-5-11(16-6-9)14(20)18-10-3-2-4-15-13(10)19/h5-7,10,16H,2-4H2,1H3,(H,15,19)(H,18,20)/t10-/m1/s1. The Balaban J connectivity index is 1.70. The van der Waals surface area contributed by atoms with Gasteiger partial charge in [-0.1, -0.05) is 0 Å². The van der Waals surface area contributed by atoms with Crippen molar-refractivity contribution in [2.45, 2.75) is 25.8 Å². The molecule has 2 aromatic heterocycles. The number of hydrogen-bond donors (Lipinski definition) is 3. The summed E-state index contributed by atoms with van der Waals surface area (Å²) in [7, 11) is 0. The van der Waals surface area contributed by atoms with Crippen molar-refractivity contribution in [1.29, 1.82) is 0 Å². The number of aromatic nitrogens is 2. The van der Waals surface area contributed by atoms with Crippen LogP contribution in [0.3, 0.4) is 0 Å². The number of amides is 2. The number of carbonyl (C=O) groups is 2. The Morgan fingerprint density at radius 2 is 2.38 bits per heavy atom. The van der Waals surface area contributed by atoms with Crippen LogP contribution in [0, 0.1) is 6.92 Å². The summed E-state index contributed by atoms with van der Waals surface area (Å²) >= 11 is 1.57. The minimum atomic E-state index is -0.445. The molecule has 0 saturated carbocycles. The number of nitrogens with one attached hydrogen (secondary N) is 3. The van der Waals surface area contributed by atoms with Crippen molar-refractivity contribution in [2.75, 3.05) is 6.54 Å². The van der Waals surface area contributed by atoms with Crippen LogP contribution in [0.4, 0.5) is 0 Å². The molecule has 0 aromatic carbocycles. The van der Waals surface area contributed by atoms with Crippen LogP contribution in [-0.2, 0) is 4.79 Å². The number of hydrogen-bond acceptors (Lipinski definition) is 4. The van der Waals surface area contributed by atoms with Gasteiger partial charge in [-0.3, -0.25) is 9.59 Å². The lowest BCUT2D eigenvalue weighted by molar-refractivity contribution is -0.124. The molecule has 3 heterocycles. The molecule has 0 spiro atoms. The van der Waals surface area contributed by atoms with Gasteiger partial charge in [0.25, 0.3) is 5.91 Å². The molecule has 0 bridgehead atoms. The first-order valence-corrected chi connectivity index (χ1v) is 7.71. The van der Waals surface area contributed by atoms with Crippen molar-refractivity contribution in [3.8, 4) is 11.3 Å². The Labute approximate surface area is 126 Å². The van der Waals surface area contributed by atoms with Crippen LogP contribution < -0.4 is 10.6 Å². The number of piperidine rings is 1. The quantitative estimate of drug-likeness (QED) is 0.802. The smallest absolute Gasteiger partial charge is 0.268 e. The highest BCUT2D eigenvalue weighted by Crippen LogP contribution is 2.22. The average Bonchev–Trinajstić information content (AvgIpc) is 3.10. The van der Waals surface area contributed by atoms with Gasteiger partial charge >= 0.3 is 0 Å². The first-order valence-electron chi connectivity index (χ1n) is 6.83. The Morgan fingerprint density at radius 1 is 1.52 bits per heavy atom. The summed E-state index contributed by atoms with van der Waals surface area (Å²) in [5.74, 6) is -0.383. The van der Waals surface area contributed by atoms with Crippen LogP contribution in [0.25, 0.3) is 11.3 Å². The number of carbonyl (C=O) groups excluding carboxylic acids is 2. The van der Waals surface area contributed by atoms with E-state index in [1.807, 2.05) is 12.3 Å². The van der Waals surface area contributed by atoms with Crippen molar-refractivity contribution in [2.24, 2.45) is 0 Å². The second-order valence-electron chi connectivity index (χ2n) is 5.01. The van der Waals surface area contributed by atoms with E-state index in [9.17, 15) is 9.59 Å². The van der Waals surface area contributed by atoms with Gasteiger partial charge in [-0.25, -0.2) is 4.98 Å². The molecule has 2 amide bonds. The number of nitrogens with zero attached hydrogens (tertiary/aromatic N) is 1. The van der Waals surface area contributed by atoms with E-state index in [0.717, 1.165) is 22.7 Å². The fourth-order valence-electron chi connectivity index (χ4n) is 2.32. The van der Waals surface area contributed by atoms with Gasteiger partial charge in [-0.05, 0) is 25.8 Å². The van der Waals surface area contributed by atoms with E-state index in [0.29, 0.717) is 18.7 Å². The molecule has 1 atom stereocenters. The summed E-state index contributed by atoms with van der Waals surface area (Å²) < 4.78 is 0. The van der Waals surface area contributed by atoms with Gasteiger partial charge in [-0.15, -0.1) is 11.3 Å². The summed E-state index contributed by atoms with van der Waals surface area (Å²) in [6, 6.07) is 1.31. The van der Waals surface area contributed by atoms with E-state index in [2.05, 4.69) is 20.6 Å². The zero-order valence-corrected chi connectivity index (χ0v) is 12.4. The predicted molar refractivity (Wildman–Crippen MR) is 80.1 cm³/mol. The Bertz CT molecular complexity index is 676. The maximum Gasteiger partial charge on any atom is 0.268 e. The summed E-state index contributed by atoms with van der Waals surface area (Å²) in [6.45, 7) is 2.62. The molecule has 0 unspecified atom stereocenters. The van der Waals surface area contributed by atoms with Crippen molar-refractivity contribution >= 4 is 23.2 Å². The van der Waals surface area contributed by atoms with Crippen molar-refractivity contribution in [3.05, 3.63) is 28.3 Å². The van der Waals surface area contributed by atoms with E-state index in [4.69, 9.17) is 0 Å². The van der Waals surface area contributed by atoms with E-state index < -0.39 is 6.04 Å². The highest BCUT2D eigenvalue weighted by Gasteiger charge is 2.24. The highest BCUT2D eigenvalue weighted by molar-refractivity contribution is 7.09. The Morgan fingerprint density at radius 3 is 3.10 bits per heavy atom. The number of H-pyrrole nitrogens is 1. The maximum atomic E-state index is 12.2. The lowest BCUT2D eigenvalue weighted by Gasteiger charge is -2.22. The summed E-state index contributed by atoms with van der Waals surface area (Å²) in [6.07, 6.45) is 3.31. The molecule has 0 radical (unpaired) electrons. The van der Waals surface area contributed by atoms with Crippen LogP contribution in [0.5, 0.6) is 0 Å². The molecular formula is C14H16N4O2S. The molecule has 0 aliphatic carbocycles. The lowest BCUT2D eigenvalue weighted by Crippen LogP contribution is -2.50. The van der Waals surface area contributed by atoms with Gasteiger partial charge in [-0.2, -0.15) is 0 Å². The minimum Gasteiger partial charge on any atom is -0.357 e. The predicted octanol–water partition coefficient (Wildman–Crippen LogP) is 1.46. The third-order valence-corrected chi connectivity index (χ3v) is 4.21. The molecule has 3 N–H and O–H groups in total. The Hall–Kier alpha value is -2.15. The summed E-state index contributed by atoms with van der Waals surface area (Å²) in [5.41, 5.74) is 2.16. The van der Waals surface area contributed by atoms with Gasteiger partial charge in [0.15, 0.2) is 0 Å². The summed E-state index contributed by atoms with van der Waals surface area (Å²) in [4.78, 5) is 31.1. The van der Waals surface area contributed by atoms with E-state index in [1.54, 1.807) is 23.6 Å². The van der Waals surface area contributed by atoms with Crippen molar-refractivity contribution in [1.82, 2.24) is 20.6 Å². The largest absolute Gasteiger partial charge is 0.357 e. The first kappa shape index (κ1) is 13.8. The molecule has 2 aromatic rings. The molecule has 7 heteroatoms. The molecule has 21 heavy (non-hydrogen) atoms. The second kappa shape index (κ2) is 5.69. The van der Waals surface area contributed by atoms with E-state index >= 15 is 0 Å². The molecule has 6 nitrogen and oxygen atoms in total. The summed E-state index contributed by atoms with van der Waals surface area (Å²) in [5, 5.41) is 8.44. The molecule has 1 aliphatic heterocycles. The first-order chi connectivity index (χ1) is 10.1. The number of aromatic amines is 1. The Kier molecular flexibility index (Phi) is 3.74. The van der Waals surface area contributed by atoms with Gasteiger partial charge < -0.3 is 15.6 Å². The molecule has 1 saturated heterocycles. The van der Waals surface area contributed by atoms with E-state index in [-0.39, 0.29) is 11.8 Å². The zero-order valence-electron chi connectivity index (χ0n) is 11.6. The van der Waals surface area contributed by atoms with Crippen molar-refractivity contribution in [3.63, 3.8) is 0 Å². The van der Waals surface area contributed by atoms with Gasteiger partial charge in [0.05, 0.1) is 10.7 Å². The number of aryl methyl sites for hydroxylation is 1. The third-order valence-electron chi connectivity index (χ3n) is 3.43. The monoisotopic (exact) mass is 304 g/mol.